The van der Waals surface area contributed by atoms with Crippen LogP contribution in [0.2, 0.25) is 0 Å². The van der Waals surface area contributed by atoms with Crippen molar-refractivity contribution in [2.75, 3.05) is 40.6 Å². The first-order valence-electron chi connectivity index (χ1n) is 19.2. The number of carbonyl (C=O) groups is 2. The van der Waals surface area contributed by atoms with Crippen LogP contribution in [0.4, 0.5) is 0 Å². The maximum absolute atomic E-state index is 12.9. The van der Waals surface area contributed by atoms with Gasteiger partial charge in [0.2, 0.25) is 0 Å². The minimum Gasteiger partial charge on any atom is -0.497 e. The van der Waals surface area contributed by atoms with Gasteiger partial charge in [-0.2, -0.15) is 0 Å². The molecular weight excluding hydrogens is 680 g/mol. The van der Waals surface area contributed by atoms with Gasteiger partial charge in [-0.3, -0.25) is 9.59 Å². The van der Waals surface area contributed by atoms with Crippen molar-refractivity contribution in [1.82, 2.24) is 0 Å². The number of unbranched alkanes of at least 4 members (excludes halogenated alkanes) is 7. The van der Waals surface area contributed by atoms with Gasteiger partial charge in [0, 0.05) is 0 Å². The highest BCUT2D eigenvalue weighted by Crippen LogP contribution is 2.26. The summed E-state index contributed by atoms with van der Waals surface area (Å²) in [4.78, 5) is 25.7. The van der Waals surface area contributed by atoms with Crippen LogP contribution in [-0.2, 0) is 19.1 Å². The number of ether oxygens (including phenoxy) is 6. The molecule has 0 bridgehead atoms. The molecular formula is C46H56O8. The summed E-state index contributed by atoms with van der Waals surface area (Å²) in [5.41, 5.74) is 4.48. The second kappa shape index (κ2) is 24.1. The molecule has 0 aliphatic rings. The number of hydrogen-bond donors (Lipinski definition) is 0. The molecule has 0 radical (unpaired) electrons. The summed E-state index contributed by atoms with van der Waals surface area (Å²) in [6.45, 7) is 5.55. The quantitative estimate of drug-likeness (QED) is 0.0272. The Kier molecular flexibility index (Phi) is 18.6. The monoisotopic (exact) mass is 736 g/mol. The maximum atomic E-state index is 12.9. The Bertz CT molecular complexity index is 1530. The summed E-state index contributed by atoms with van der Waals surface area (Å²) in [6, 6.07) is 32.1. The second-order valence-electron chi connectivity index (χ2n) is 13.1. The van der Waals surface area contributed by atoms with Crippen molar-refractivity contribution in [2.45, 2.75) is 70.6 Å². The zero-order valence-corrected chi connectivity index (χ0v) is 32.0. The zero-order valence-electron chi connectivity index (χ0n) is 32.0. The Labute approximate surface area is 321 Å². The highest BCUT2D eigenvalue weighted by atomic mass is 16.6. The van der Waals surface area contributed by atoms with Gasteiger partial charge in [-0.05, 0) is 141 Å². The van der Waals surface area contributed by atoms with Gasteiger partial charge >= 0.3 is 11.9 Å². The van der Waals surface area contributed by atoms with Crippen molar-refractivity contribution in [3.05, 3.63) is 110 Å². The molecule has 0 unspecified atom stereocenters. The zero-order chi connectivity index (χ0) is 38.2. The van der Waals surface area contributed by atoms with E-state index in [0.29, 0.717) is 26.1 Å². The molecule has 0 saturated heterocycles. The number of hydrogen-bond acceptors (Lipinski definition) is 8. The normalized spacial score (nSPS) is 10.8. The van der Waals surface area contributed by atoms with Crippen molar-refractivity contribution < 1.29 is 38.0 Å². The van der Waals surface area contributed by atoms with E-state index < -0.39 is 17.9 Å². The van der Waals surface area contributed by atoms with E-state index in [1.807, 2.05) is 72.8 Å². The molecule has 0 aliphatic heterocycles. The largest absolute Gasteiger partial charge is 0.497 e. The third-order valence-corrected chi connectivity index (χ3v) is 9.13. The van der Waals surface area contributed by atoms with Gasteiger partial charge in [0.1, 0.15) is 23.0 Å². The first kappa shape index (κ1) is 41.5. The fourth-order valence-corrected chi connectivity index (χ4v) is 5.89. The van der Waals surface area contributed by atoms with E-state index in [1.165, 1.54) is 0 Å². The molecule has 0 aliphatic carbocycles. The van der Waals surface area contributed by atoms with Gasteiger partial charge in [-0.15, -0.1) is 6.58 Å². The van der Waals surface area contributed by atoms with Gasteiger partial charge in [0.05, 0.1) is 40.6 Å². The van der Waals surface area contributed by atoms with E-state index in [9.17, 15) is 9.59 Å². The Morgan fingerprint density at radius 1 is 0.481 bits per heavy atom. The third-order valence-electron chi connectivity index (χ3n) is 9.13. The molecule has 288 valence electrons. The fraction of sp³-hybridized carbons (Fsp3) is 0.391. The molecule has 8 heteroatoms. The third kappa shape index (κ3) is 14.6. The van der Waals surface area contributed by atoms with Crippen molar-refractivity contribution in [3.8, 4) is 45.3 Å². The number of carbonyl (C=O) groups excluding carboxylic acids is 2. The van der Waals surface area contributed by atoms with E-state index in [4.69, 9.17) is 28.4 Å². The molecule has 0 aromatic heterocycles. The molecule has 0 fully saturated rings. The molecule has 0 amide bonds. The minimum atomic E-state index is -0.904. The SMILES string of the molecule is C=CCCCC(C(=O)OCCCCCCOc1ccc(-c2ccc(OC)cc2)cc1)C(=O)OCCCCCCOc1ccc(-c2ccc(OC)cc2)cc1. The van der Waals surface area contributed by atoms with E-state index in [2.05, 4.69) is 30.8 Å². The number of allylic oxidation sites excluding steroid dienone is 1. The highest BCUT2D eigenvalue weighted by Gasteiger charge is 2.29. The van der Waals surface area contributed by atoms with Gasteiger partial charge in [-0.1, -0.05) is 54.6 Å². The van der Waals surface area contributed by atoms with Crippen LogP contribution < -0.4 is 18.9 Å². The maximum Gasteiger partial charge on any atom is 0.320 e. The van der Waals surface area contributed by atoms with Crippen LogP contribution in [0.5, 0.6) is 23.0 Å². The molecule has 54 heavy (non-hydrogen) atoms. The lowest BCUT2D eigenvalue weighted by Crippen LogP contribution is -2.28. The van der Waals surface area contributed by atoms with Gasteiger partial charge in [0.15, 0.2) is 5.92 Å². The van der Waals surface area contributed by atoms with Crippen LogP contribution in [0.25, 0.3) is 22.3 Å². The van der Waals surface area contributed by atoms with Crippen LogP contribution in [0.3, 0.4) is 0 Å². The predicted molar refractivity (Wildman–Crippen MR) is 214 cm³/mol. The summed E-state index contributed by atoms with van der Waals surface area (Å²) < 4.78 is 33.3. The van der Waals surface area contributed by atoms with E-state index >= 15 is 0 Å². The van der Waals surface area contributed by atoms with Gasteiger partial charge < -0.3 is 28.4 Å². The summed E-state index contributed by atoms with van der Waals surface area (Å²) in [6.07, 6.45) is 10.6. The van der Waals surface area contributed by atoms with Crippen LogP contribution >= 0.6 is 0 Å². The topological polar surface area (TPSA) is 89.5 Å². The second-order valence-corrected chi connectivity index (χ2v) is 13.1. The molecule has 4 aromatic carbocycles. The average Bonchev–Trinajstić information content (AvgIpc) is 3.22. The lowest BCUT2D eigenvalue weighted by molar-refractivity contribution is -0.162. The molecule has 4 aromatic rings. The number of rotatable bonds is 26. The standard InChI is InChI=1S/C46H56O8/c1-4-5-10-15-44(45(47)53-34-13-8-6-11-32-51-42-28-20-38(21-29-42)36-16-24-40(49-2)25-17-36)46(48)54-35-14-9-7-12-33-52-43-30-22-39(23-31-43)37-18-26-41(50-3)27-19-37/h4,16-31,44H,1,5-15,32-35H2,2-3H3. The fourth-order valence-electron chi connectivity index (χ4n) is 5.89. The molecule has 0 spiro atoms. The number of esters is 2. The van der Waals surface area contributed by atoms with Crippen LogP contribution in [0, 0.1) is 5.92 Å². The Morgan fingerprint density at radius 2 is 0.815 bits per heavy atom. The van der Waals surface area contributed by atoms with Gasteiger partial charge in [0.25, 0.3) is 0 Å². The lowest BCUT2D eigenvalue weighted by atomic mass is 10.0. The molecule has 8 nitrogen and oxygen atoms in total. The molecule has 0 atom stereocenters. The van der Waals surface area contributed by atoms with Crippen molar-refractivity contribution in [3.63, 3.8) is 0 Å². The Balaban J connectivity index is 1.03. The summed E-state index contributed by atoms with van der Waals surface area (Å²) >= 11 is 0. The molecule has 0 saturated carbocycles. The molecule has 0 N–H and O–H groups in total. The molecule has 4 rings (SSSR count). The summed E-state index contributed by atoms with van der Waals surface area (Å²) in [5.74, 6) is 1.44. The predicted octanol–water partition coefficient (Wildman–Crippen LogP) is 10.7. The number of methoxy groups -OCH3 is 2. The van der Waals surface area contributed by atoms with E-state index in [1.54, 1.807) is 20.3 Å². The van der Waals surface area contributed by atoms with Gasteiger partial charge in [-0.25, -0.2) is 0 Å². The van der Waals surface area contributed by atoms with Crippen molar-refractivity contribution in [1.29, 1.82) is 0 Å². The highest BCUT2D eigenvalue weighted by molar-refractivity contribution is 5.94. The van der Waals surface area contributed by atoms with E-state index in [0.717, 1.165) is 103 Å². The number of benzene rings is 4. The minimum absolute atomic E-state index is 0.284. The lowest BCUT2D eigenvalue weighted by Gasteiger charge is -2.15. The first-order chi connectivity index (χ1) is 26.5. The Hall–Kier alpha value is -5.24. The Morgan fingerprint density at radius 3 is 1.15 bits per heavy atom. The van der Waals surface area contributed by atoms with E-state index in [-0.39, 0.29) is 13.2 Å². The van der Waals surface area contributed by atoms with Crippen LogP contribution in [0.15, 0.2) is 110 Å². The first-order valence-corrected chi connectivity index (χ1v) is 19.2. The average molecular weight is 737 g/mol. The summed E-state index contributed by atoms with van der Waals surface area (Å²) in [7, 11) is 3.32. The van der Waals surface area contributed by atoms with Crippen molar-refractivity contribution in [2.24, 2.45) is 5.92 Å². The smallest absolute Gasteiger partial charge is 0.320 e. The molecule has 0 heterocycles. The van der Waals surface area contributed by atoms with Crippen LogP contribution in [0.1, 0.15) is 70.6 Å². The van der Waals surface area contributed by atoms with Crippen LogP contribution in [-0.4, -0.2) is 52.6 Å². The van der Waals surface area contributed by atoms with Crippen molar-refractivity contribution >= 4 is 11.9 Å². The summed E-state index contributed by atoms with van der Waals surface area (Å²) in [5, 5.41) is 0.